The minimum atomic E-state index is -4.78. The summed E-state index contributed by atoms with van der Waals surface area (Å²) in [5.41, 5.74) is 4.05. The van der Waals surface area contributed by atoms with E-state index in [0.717, 1.165) is 29.2 Å². The lowest BCUT2D eigenvalue weighted by Gasteiger charge is -2.43. The number of hydrogen-bond acceptors (Lipinski definition) is 8. The lowest BCUT2D eigenvalue weighted by atomic mass is 9.79. The van der Waals surface area contributed by atoms with Crippen molar-refractivity contribution in [3.8, 4) is 11.8 Å². The van der Waals surface area contributed by atoms with Gasteiger partial charge < -0.3 is 20.3 Å². The third kappa shape index (κ3) is 7.96. The van der Waals surface area contributed by atoms with Gasteiger partial charge in [0.25, 0.3) is 0 Å². The number of anilines is 1. The Morgan fingerprint density at radius 1 is 1.06 bits per heavy atom. The molecule has 3 unspecified atom stereocenters. The number of rotatable bonds is 10. The van der Waals surface area contributed by atoms with Gasteiger partial charge in [0, 0.05) is 18.9 Å². The lowest BCUT2D eigenvalue weighted by molar-refractivity contribution is -0.143. The van der Waals surface area contributed by atoms with Crippen LogP contribution in [0.5, 0.6) is 5.75 Å². The number of alkyl halides is 6. The number of carboxylic acid groups (broad SMARTS) is 1. The Bertz CT molecular complexity index is 1710. The van der Waals surface area contributed by atoms with E-state index in [4.69, 9.17) is 15.2 Å². The summed E-state index contributed by atoms with van der Waals surface area (Å²) in [4.78, 5) is 33.8. The number of fused-ring (bicyclic) bond motifs is 1. The van der Waals surface area contributed by atoms with Crippen LogP contribution in [-0.4, -0.2) is 52.4 Å². The van der Waals surface area contributed by atoms with E-state index in [2.05, 4.69) is 9.97 Å². The van der Waals surface area contributed by atoms with Crippen molar-refractivity contribution in [2.45, 2.75) is 69.9 Å². The monoisotopic (exact) mass is 679 g/mol. The van der Waals surface area contributed by atoms with Crippen molar-refractivity contribution >= 4 is 17.7 Å². The summed E-state index contributed by atoms with van der Waals surface area (Å²) in [6.07, 6.45) is -9.72. The number of nitrogens with two attached hydrogens (primary N) is 1. The lowest BCUT2D eigenvalue weighted by Crippen LogP contribution is -2.56. The molecule has 256 valence electrons. The Morgan fingerprint density at radius 3 is 2.38 bits per heavy atom. The molecule has 0 saturated heterocycles. The second-order valence-corrected chi connectivity index (χ2v) is 11.0. The fourth-order valence-electron chi connectivity index (χ4n) is 5.66. The predicted octanol–water partition coefficient (Wildman–Crippen LogP) is 6.43. The molecule has 0 radical (unpaired) electrons. The first-order valence-corrected chi connectivity index (χ1v) is 14.8. The zero-order chi connectivity index (χ0) is 35.4. The van der Waals surface area contributed by atoms with Crippen molar-refractivity contribution in [3.05, 3.63) is 81.9 Å². The quantitative estimate of drug-likeness (QED) is 0.140. The molecule has 3 atom stereocenters. The molecule has 0 spiro atoms. The number of carbonyl (C=O) groups is 2. The number of ether oxygens (including phenoxy) is 2. The molecule has 10 nitrogen and oxygen atoms in total. The van der Waals surface area contributed by atoms with Crippen LogP contribution in [0, 0.1) is 11.3 Å². The van der Waals surface area contributed by atoms with Crippen molar-refractivity contribution < 1.29 is 50.5 Å². The van der Waals surface area contributed by atoms with Gasteiger partial charge in [0.1, 0.15) is 5.82 Å². The van der Waals surface area contributed by atoms with E-state index in [1.54, 1.807) is 19.9 Å². The molecule has 48 heavy (non-hydrogen) atoms. The van der Waals surface area contributed by atoms with Crippen LogP contribution in [0.1, 0.15) is 78.4 Å². The number of carbonyl (C=O) groups excluding carboxylic acids is 1. The Morgan fingerprint density at radius 2 is 1.77 bits per heavy atom. The fraction of sp³-hybridized carbons (Fsp3) is 0.406. The Balaban J connectivity index is 1.85. The molecular formula is C32H31F6N5O5. The van der Waals surface area contributed by atoms with E-state index >= 15 is 0 Å². The fourth-order valence-corrected chi connectivity index (χ4v) is 5.66. The molecule has 0 fully saturated rings. The highest BCUT2D eigenvalue weighted by atomic mass is 19.4. The zero-order valence-electron chi connectivity index (χ0n) is 25.7. The highest BCUT2D eigenvalue weighted by molar-refractivity contribution is 5.89. The van der Waals surface area contributed by atoms with Gasteiger partial charge in [0.2, 0.25) is 0 Å². The number of hydrogen-bond donors (Lipinski definition) is 2. The SMILES string of the molecule is CCOC(=O)CCCOc1cnc(C2c3cc(C(F)(F)F)ccc3N(C(=O)O)C(CC)C2N)nc1Cc1cc(C#N)cc(C(F)(F)F)c1. The minimum Gasteiger partial charge on any atom is -0.490 e. The summed E-state index contributed by atoms with van der Waals surface area (Å²) in [6.45, 7) is 3.44. The van der Waals surface area contributed by atoms with Crippen molar-refractivity contribution in [3.63, 3.8) is 0 Å². The van der Waals surface area contributed by atoms with E-state index in [1.165, 1.54) is 12.3 Å². The largest absolute Gasteiger partial charge is 0.490 e. The smallest absolute Gasteiger partial charge is 0.416 e. The maximum absolute atomic E-state index is 13.8. The van der Waals surface area contributed by atoms with E-state index in [1.807, 2.05) is 0 Å². The summed E-state index contributed by atoms with van der Waals surface area (Å²) in [5, 5.41) is 19.4. The molecule has 2 aromatic carbocycles. The van der Waals surface area contributed by atoms with Crippen LogP contribution in [0.15, 0.2) is 42.6 Å². The van der Waals surface area contributed by atoms with Gasteiger partial charge in [-0.3, -0.25) is 9.69 Å². The first kappa shape index (κ1) is 35.9. The summed E-state index contributed by atoms with van der Waals surface area (Å²) in [5.74, 6) is -1.75. The van der Waals surface area contributed by atoms with Crippen molar-refractivity contribution in [2.24, 2.45) is 5.73 Å². The molecule has 0 saturated carbocycles. The second-order valence-electron chi connectivity index (χ2n) is 11.0. The number of amides is 1. The van der Waals surface area contributed by atoms with Gasteiger partial charge in [-0.25, -0.2) is 14.8 Å². The van der Waals surface area contributed by atoms with Gasteiger partial charge in [0.15, 0.2) is 5.75 Å². The normalized spacial score (nSPS) is 17.8. The molecule has 3 aromatic rings. The van der Waals surface area contributed by atoms with Gasteiger partial charge in [-0.15, -0.1) is 0 Å². The first-order chi connectivity index (χ1) is 22.6. The van der Waals surface area contributed by atoms with E-state index in [9.17, 15) is 46.3 Å². The Hall–Kier alpha value is -4.91. The second kappa shape index (κ2) is 14.5. The number of esters is 1. The minimum absolute atomic E-state index is 0.00591. The summed E-state index contributed by atoms with van der Waals surface area (Å²) < 4.78 is 93.1. The summed E-state index contributed by atoms with van der Waals surface area (Å²) in [7, 11) is 0. The molecule has 16 heteroatoms. The van der Waals surface area contributed by atoms with Crippen LogP contribution in [0.2, 0.25) is 0 Å². The highest BCUT2D eigenvalue weighted by Crippen LogP contribution is 2.44. The zero-order valence-corrected chi connectivity index (χ0v) is 25.7. The highest BCUT2D eigenvalue weighted by Gasteiger charge is 2.45. The van der Waals surface area contributed by atoms with Gasteiger partial charge in [-0.2, -0.15) is 31.6 Å². The first-order valence-electron chi connectivity index (χ1n) is 14.8. The van der Waals surface area contributed by atoms with Gasteiger partial charge in [0.05, 0.1) is 65.5 Å². The number of halogens is 6. The Kier molecular flexibility index (Phi) is 10.8. The third-order valence-electron chi connectivity index (χ3n) is 7.77. The molecule has 1 amide bonds. The van der Waals surface area contributed by atoms with Gasteiger partial charge in [-0.05, 0) is 67.3 Å². The molecule has 1 aliphatic heterocycles. The van der Waals surface area contributed by atoms with Crippen LogP contribution in [0.3, 0.4) is 0 Å². The van der Waals surface area contributed by atoms with Gasteiger partial charge >= 0.3 is 24.4 Å². The molecule has 0 aliphatic carbocycles. The van der Waals surface area contributed by atoms with Crippen LogP contribution in [0.4, 0.5) is 36.8 Å². The molecule has 1 aliphatic rings. The molecular weight excluding hydrogens is 648 g/mol. The van der Waals surface area contributed by atoms with Gasteiger partial charge in [-0.1, -0.05) is 6.92 Å². The number of nitriles is 1. The van der Waals surface area contributed by atoms with E-state index < -0.39 is 53.5 Å². The number of aromatic nitrogens is 2. The van der Waals surface area contributed by atoms with Crippen LogP contribution in [-0.2, 0) is 28.3 Å². The van der Waals surface area contributed by atoms with E-state index in [0.29, 0.717) is 6.07 Å². The number of nitrogens with zero attached hydrogens (tertiary/aromatic N) is 4. The van der Waals surface area contributed by atoms with Crippen molar-refractivity contribution in [2.75, 3.05) is 18.1 Å². The molecule has 4 rings (SSSR count). The molecule has 1 aromatic heterocycles. The summed E-state index contributed by atoms with van der Waals surface area (Å²) >= 11 is 0. The molecule has 3 N–H and O–H groups in total. The standard InChI is InChI=1S/C32H31F6N5O5/c1-3-23-28(40)27(21-14-19(31(33,34)35)7-8-24(21)43(23)30(45)46)29-41-16-25(48-9-5-6-26(44)47-4-2)22(42-29)13-17-10-18(15-39)12-20(11-17)32(36,37)38/h7-8,10-12,14,16,23,27-28H,3-6,9,13,40H2,1-2H3,(H,45,46). The Labute approximate surface area is 271 Å². The number of benzene rings is 2. The summed E-state index contributed by atoms with van der Waals surface area (Å²) in [6, 6.07) is 5.01. The van der Waals surface area contributed by atoms with Crippen LogP contribution < -0.4 is 15.4 Å². The average Bonchev–Trinajstić information content (AvgIpc) is 3.01. The maximum Gasteiger partial charge on any atom is 0.416 e. The third-order valence-corrected chi connectivity index (χ3v) is 7.77. The van der Waals surface area contributed by atoms with Crippen molar-refractivity contribution in [1.29, 1.82) is 5.26 Å². The molecule has 0 bridgehead atoms. The van der Waals surface area contributed by atoms with Crippen LogP contribution >= 0.6 is 0 Å². The average molecular weight is 680 g/mol. The van der Waals surface area contributed by atoms with E-state index in [-0.39, 0.29) is 78.5 Å². The topological polar surface area (TPSA) is 152 Å². The molecule has 2 heterocycles. The maximum atomic E-state index is 13.8. The van der Waals surface area contributed by atoms with Crippen molar-refractivity contribution in [1.82, 2.24) is 9.97 Å². The predicted molar refractivity (Wildman–Crippen MR) is 158 cm³/mol. The van der Waals surface area contributed by atoms with Crippen LogP contribution in [0.25, 0.3) is 0 Å².